The second-order valence-electron chi connectivity index (χ2n) is 4.87. The number of hydrogen-bond acceptors (Lipinski definition) is 4. The van der Waals surface area contributed by atoms with Crippen LogP contribution < -0.4 is 9.47 Å². The molecule has 1 aromatic heterocycles. The number of aldehydes is 1. The van der Waals surface area contributed by atoms with Gasteiger partial charge < -0.3 is 9.47 Å². The van der Waals surface area contributed by atoms with Crippen molar-refractivity contribution in [2.24, 2.45) is 0 Å². The molecule has 0 atom stereocenters. The standard InChI is InChI=1S/C16H13BrF3NO3/c1-9-10(4-3-5-13(9)17)8-24-15-12(16(18,19)20)6-11(7-22)14(21-15)23-2/h3-7H,8H2,1-2H3. The Morgan fingerprint density at radius 2 is 2.00 bits per heavy atom. The number of hydrogen-bond donors (Lipinski definition) is 0. The molecule has 0 aliphatic carbocycles. The molecule has 0 bridgehead atoms. The van der Waals surface area contributed by atoms with Gasteiger partial charge >= 0.3 is 6.18 Å². The molecule has 1 aromatic carbocycles. The minimum absolute atomic E-state index is 0.106. The van der Waals surface area contributed by atoms with Gasteiger partial charge in [-0.05, 0) is 30.2 Å². The fraction of sp³-hybridized carbons (Fsp3) is 0.250. The molecule has 0 saturated heterocycles. The molecule has 2 aromatic rings. The Labute approximate surface area is 144 Å². The number of halogens is 4. The Bertz CT molecular complexity index is 763. The van der Waals surface area contributed by atoms with E-state index < -0.39 is 17.6 Å². The smallest absolute Gasteiger partial charge is 0.421 e. The Hall–Kier alpha value is -2.09. The lowest BCUT2D eigenvalue weighted by Gasteiger charge is -2.16. The Balaban J connectivity index is 2.41. The summed E-state index contributed by atoms with van der Waals surface area (Å²) in [6.07, 6.45) is -4.46. The fourth-order valence-electron chi connectivity index (χ4n) is 2.01. The SMILES string of the molecule is COc1nc(OCc2cccc(Br)c2C)c(C(F)(F)F)cc1C=O. The average Bonchev–Trinajstić information content (AvgIpc) is 2.54. The molecule has 4 nitrogen and oxygen atoms in total. The van der Waals surface area contributed by atoms with E-state index in [0.717, 1.165) is 10.0 Å². The predicted molar refractivity (Wildman–Crippen MR) is 84.4 cm³/mol. The predicted octanol–water partition coefficient (Wildman–Crippen LogP) is 4.57. The lowest BCUT2D eigenvalue weighted by atomic mass is 10.1. The van der Waals surface area contributed by atoms with Gasteiger partial charge in [0.25, 0.3) is 0 Å². The number of benzene rings is 1. The zero-order valence-electron chi connectivity index (χ0n) is 12.8. The number of ether oxygens (including phenoxy) is 2. The minimum Gasteiger partial charge on any atom is -0.480 e. The number of carbonyl (C=O) groups is 1. The molecule has 0 amide bonds. The zero-order valence-corrected chi connectivity index (χ0v) is 14.4. The molecule has 0 fully saturated rings. The van der Waals surface area contributed by atoms with Gasteiger partial charge in [-0.25, -0.2) is 0 Å². The number of pyridine rings is 1. The van der Waals surface area contributed by atoms with Gasteiger partial charge in [0.1, 0.15) is 12.2 Å². The molecular weight excluding hydrogens is 391 g/mol. The van der Waals surface area contributed by atoms with Crippen molar-refractivity contribution < 1.29 is 27.4 Å². The first-order valence-corrected chi connectivity index (χ1v) is 7.55. The van der Waals surface area contributed by atoms with Crippen LogP contribution in [0.4, 0.5) is 13.2 Å². The van der Waals surface area contributed by atoms with E-state index in [1.54, 1.807) is 12.1 Å². The maximum atomic E-state index is 13.2. The van der Waals surface area contributed by atoms with E-state index in [-0.39, 0.29) is 24.3 Å². The second kappa shape index (κ2) is 7.21. The van der Waals surface area contributed by atoms with E-state index in [4.69, 9.17) is 9.47 Å². The molecule has 128 valence electrons. The molecule has 0 aliphatic rings. The molecule has 0 N–H and O–H groups in total. The molecule has 1 heterocycles. The van der Waals surface area contributed by atoms with Crippen LogP contribution in [-0.4, -0.2) is 18.4 Å². The summed E-state index contributed by atoms with van der Waals surface area (Å²) in [5.74, 6) is -0.858. The summed E-state index contributed by atoms with van der Waals surface area (Å²) in [6, 6.07) is 5.98. The monoisotopic (exact) mass is 403 g/mol. The molecule has 0 radical (unpaired) electrons. The largest absolute Gasteiger partial charge is 0.480 e. The fourth-order valence-corrected chi connectivity index (χ4v) is 2.42. The topological polar surface area (TPSA) is 48.4 Å². The van der Waals surface area contributed by atoms with Gasteiger partial charge in [-0.2, -0.15) is 18.2 Å². The van der Waals surface area contributed by atoms with Crippen LogP contribution in [0.3, 0.4) is 0 Å². The van der Waals surface area contributed by atoms with Gasteiger partial charge in [0.05, 0.1) is 12.7 Å². The lowest BCUT2D eigenvalue weighted by molar-refractivity contribution is -0.139. The second-order valence-corrected chi connectivity index (χ2v) is 5.72. The van der Waals surface area contributed by atoms with Crippen LogP contribution in [0.25, 0.3) is 0 Å². The lowest BCUT2D eigenvalue weighted by Crippen LogP contribution is -2.12. The molecule has 0 saturated carbocycles. The summed E-state index contributed by atoms with van der Waals surface area (Å²) in [4.78, 5) is 14.6. The number of methoxy groups -OCH3 is 1. The van der Waals surface area contributed by atoms with Crippen molar-refractivity contribution in [2.75, 3.05) is 7.11 Å². The van der Waals surface area contributed by atoms with Gasteiger partial charge in [0.15, 0.2) is 6.29 Å². The van der Waals surface area contributed by atoms with Crippen LogP contribution >= 0.6 is 15.9 Å². The highest BCUT2D eigenvalue weighted by atomic mass is 79.9. The molecule has 0 aliphatic heterocycles. The van der Waals surface area contributed by atoms with Crippen LogP contribution in [0.15, 0.2) is 28.7 Å². The normalized spacial score (nSPS) is 11.2. The van der Waals surface area contributed by atoms with Crippen molar-refractivity contribution in [3.8, 4) is 11.8 Å². The first-order chi connectivity index (χ1) is 11.3. The van der Waals surface area contributed by atoms with Crippen LogP contribution in [0.1, 0.15) is 27.0 Å². The van der Waals surface area contributed by atoms with E-state index in [1.807, 2.05) is 13.0 Å². The summed E-state index contributed by atoms with van der Waals surface area (Å²) in [5, 5.41) is 0. The molecule has 24 heavy (non-hydrogen) atoms. The van der Waals surface area contributed by atoms with Gasteiger partial charge in [-0.15, -0.1) is 0 Å². The van der Waals surface area contributed by atoms with Crippen LogP contribution in [-0.2, 0) is 12.8 Å². The zero-order chi connectivity index (χ0) is 17.9. The van der Waals surface area contributed by atoms with Crippen molar-refractivity contribution in [1.29, 1.82) is 0 Å². The summed E-state index contributed by atoms with van der Waals surface area (Å²) in [5.41, 5.74) is 0.133. The first-order valence-electron chi connectivity index (χ1n) is 6.76. The van der Waals surface area contributed by atoms with E-state index >= 15 is 0 Å². The molecule has 2 rings (SSSR count). The highest BCUT2D eigenvalue weighted by molar-refractivity contribution is 9.10. The Kier molecular flexibility index (Phi) is 5.48. The maximum absolute atomic E-state index is 13.2. The highest BCUT2D eigenvalue weighted by Crippen LogP contribution is 2.38. The van der Waals surface area contributed by atoms with Crippen molar-refractivity contribution in [1.82, 2.24) is 4.98 Å². The number of aromatic nitrogens is 1. The summed E-state index contributed by atoms with van der Waals surface area (Å²) in [7, 11) is 1.21. The molecule has 0 unspecified atom stereocenters. The van der Waals surface area contributed by atoms with E-state index in [0.29, 0.717) is 11.6 Å². The van der Waals surface area contributed by atoms with Gasteiger partial charge in [-0.1, -0.05) is 28.1 Å². The molecule has 0 spiro atoms. The Morgan fingerprint density at radius 3 is 2.58 bits per heavy atom. The van der Waals surface area contributed by atoms with Gasteiger partial charge in [0.2, 0.25) is 11.8 Å². The third-order valence-electron chi connectivity index (χ3n) is 3.35. The number of rotatable bonds is 5. The third kappa shape index (κ3) is 3.87. The number of alkyl halides is 3. The van der Waals surface area contributed by atoms with Gasteiger partial charge in [-0.3, -0.25) is 4.79 Å². The maximum Gasteiger partial charge on any atom is 0.421 e. The number of carbonyl (C=O) groups excluding carboxylic acids is 1. The van der Waals surface area contributed by atoms with Crippen molar-refractivity contribution >= 4 is 22.2 Å². The highest BCUT2D eigenvalue weighted by Gasteiger charge is 2.37. The summed E-state index contributed by atoms with van der Waals surface area (Å²) in [6.45, 7) is 1.71. The third-order valence-corrected chi connectivity index (χ3v) is 4.21. The summed E-state index contributed by atoms with van der Waals surface area (Å²) < 4.78 is 50.5. The van der Waals surface area contributed by atoms with E-state index in [9.17, 15) is 18.0 Å². The van der Waals surface area contributed by atoms with Crippen LogP contribution in [0.2, 0.25) is 0 Å². The van der Waals surface area contributed by atoms with Crippen molar-refractivity contribution in [3.63, 3.8) is 0 Å². The van der Waals surface area contributed by atoms with E-state index in [1.165, 1.54) is 7.11 Å². The summed E-state index contributed by atoms with van der Waals surface area (Å²) >= 11 is 3.35. The van der Waals surface area contributed by atoms with Crippen LogP contribution in [0, 0.1) is 6.92 Å². The first kappa shape index (κ1) is 18.3. The Morgan fingerprint density at radius 1 is 1.29 bits per heavy atom. The van der Waals surface area contributed by atoms with Crippen molar-refractivity contribution in [2.45, 2.75) is 19.7 Å². The number of nitrogens with zero attached hydrogens (tertiary/aromatic N) is 1. The van der Waals surface area contributed by atoms with E-state index in [2.05, 4.69) is 20.9 Å². The minimum atomic E-state index is -4.71. The van der Waals surface area contributed by atoms with Crippen molar-refractivity contribution in [3.05, 3.63) is 51.0 Å². The molecule has 8 heteroatoms. The quantitative estimate of drug-likeness (QED) is 0.686. The average molecular weight is 404 g/mol. The van der Waals surface area contributed by atoms with Crippen LogP contribution in [0.5, 0.6) is 11.8 Å². The molecular formula is C16H13BrF3NO3. The van der Waals surface area contributed by atoms with Gasteiger partial charge in [0, 0.05) is 4.47 Å².